The third-order valence-corrected chi connectivity index (χ3v) is 2.61. The summed E-state index contributed by atoms with van der Waals surface area (Å²) in [6.07, 6.45) is 1.47. The molecule has 1 unspecified atom stereocenters. The Kier molecular flexibility index (Phi) is 5.76. The fourth-order valence-corrected chi connectivity index (χ4v) is 1.81. The molecule has 1 aromatic carbocycles. The van der Waals surface area contributed by atoms with E-state index in [0.29, 0.717) is 13.6 Å². The van der Waals surface area contributed by atoms with Crippen LogP contribution in [0.1, 0.15) is 5.56 Å². The molecule has 0 N–H and O–H groups in total. The number of halogens is 1. The predicted octanol–water partition coefficient (Wildman–Crippen LogP) is 1.61. The number of hydrogen-bond acceptors (Lipinski definition) is 4. The van der Waals surface area contributed by atoms with Crippen molar-refractivity contribution in [3.63, 3.8) is 0 Å². The van der Waals surface area contributed by atoms with E-state index in [1.807, 2.05) is 24.3 Å². The molecule has 6 heteroatoms. The van der Waals surface area contributed by atoms with Crippen LogP contribution in [-0.4, -0.2) is 32.4 Å². The van der Waals surface area contributed by atoms with Gasteiger partial charge in [-0.15, -0.1) is 0 Å². The summed E-state index contributed by atoms with van der Waals surface area (Å²) in [6.45, 7) is 0. The Morgan fingerprint density at radius 2 is 2.41 bits per heavy atom. The fraction of sp³-hybridized carbons (Fsp3) is 0.273. The number of ether oxygens (including phenoxy) is 1. The molecule has 0 radical (unpaired) electrons. The summed E-state index contributed by atoms with van der Waals surface area (Å²) in [4.78, 5) is 15.3. The molecule has 88 valence electrons. The average molecular weight is 296 g/mol. The summed E-state index contributed by atoms with van der Waals surface area (Å²) < 4.78 is 15.8. The number of hydrogen-bond donors (Lipinski definition) is 0. The van der Waals surface area contributed by atoms with E-state index in [0.717, 1.165) is 16.2 Å². The molecule has 1 rings (SSSR count). The summed E-state index contributed by atoms with van der Waals surface area (Å²) in [7, 11) is 1.84. The van der Waals surface area contributed by atoms with E-state index in [9.17, 15) is 9.50 Å². The van der Waals surface area contributed by atoms with Crippen molar-refractivity contribution in [1.29, 1.82) is 0 Å². The van der Waals surface area contributed by atoms with Crippen LogP contribution in [0.4, 0.5) is 0 Å². The summed E-state index contributed by atoms with van der Waals surface area (Å²) in [6, 6.07) is 6.87. The maximum absolute atomic E-state index is 11.4. The van der Waals surface area contributed by atoms with Gasteiger partial charge in [0, 0.05) is 0 Å². The number of nitrogens with zero attached hydrogens (tertiary/aromatic N) is 1. The van der Waals surface area contributed by atoms with Gasteiger partial charge in [0.15, 0.2) is 0 Å². The van der Waals surface area contributed by atoms with Gasteiger partial charge in [0.1, 0.15) is 0 Å². The van der Waals surface area contributed by atoms with Gasteiger partial charge in [-0.2, -0.15) is 0 Å². The summed E-state index contributed by atoms with van der Waals surface area (Å²) >= 11 is 3.35. The number of methoxy groups -OCH3 is 1. The van der Waals surface area contributed by atoms with Crippen LogP contribution in [0, 0.1) is 0 Å². The van der Waals surface area contributed by atoms with Crippen molar-refractivity contribution >= 4 is 35.2 Å². The van der Waals surface area contributed by atoms with Gasteiger partial charge in [-0.1, -0.05) is 0 Å². The minimum absolute atomic E-state index is 0.399. The number of carbonyl (C=O) groups excluding carboxylic acids is 1. The third kappa shape index (κ3) is 4.60. The van der Waals surface area contributed by atoms with Crippen molar-refractivity contribution in [2.24, 2.45) is 4.99 Å². The Labute approximate surface area is 108 Å². The molecule has 1 atom stereocenters. The van der Waals surface area contributed by atoms with E-state index in [4.69, 9.17) is 0 Å². The number of aliphatic imine (C=N–C) groups is 1. The molecule has 0 amide bonds. The van der Waals surface area contributed by atoms with Gasteiger partial charge < -0.3 is 0 Å². The zero-order valence-corrected chi connectivity index (χ0v) is 10.9. The van der Waals surface area contributed by atoms with Crippen LogP contribution in [0.25, 0.3) is 0 Å². The molecule has 0 spiro atoms. The first kappa shape index (κ1) is 13.8. The van der Waals surface area contributed by atoms with E-state index in [-0.39, 0.29) is 0 Å². The summed E-state index contributed by atoms with van der Waals surface area (Å²) in [5.74, 6) is -0.455. The topological polar surface area (TPSA) is 55.7 Å². The Hall–Kier alpha value is -1.30. The Morgan fingerprint density at radius 1 is 1.65 bits per heavy atom. The molecule has 0 aromatic heterocycles. The molecule has 0 saturated heterocycles. The molecule has 0 saturated carbocycles. The molecule has 17 heavy (non-hydrogen) atoms. The molecular formula is C11H11BBrNO3. The van der Waals surface area contributed by atoms with Gasteiger partial charge >= 0.3 is 108 Å². The molecule has 0 aliphatic carbocycles. The van der Waals surface area contributed by atoms with E-state index >= 15 is 0 Å². The van der Waals surface area contributed by atoms with Crippen LogP contribution >= 0.6 is 15.9 Å². The summed E-state index contributed by atoms with van der Waals surface area (Å²) in [5.41, 5.74) is 0.942. The van der Waals surface area contributed by atoms with Crippen LogP contribution in [0.5, 0.6) is 0 Å². The van der Waals surface area contributed by atoms with Crippen LogP contribution in [0.15, 0.2) is 33.7 Å². The first-order valence-electron chi connectivity index (χ1n) is 4.96. The molecule has 0 heterocycles. The minimum atomic E-state index is -0.681. The normalized spacial score (nSPS) is 12.1. The monoisotopic (exact) mass is 295 g/mol. The number of rotatable bonds is 5. The van der Waals surface area contributed by atoms with Crippen molar-refractivity contribution in [3.05, 3.63) is 34.3 Å². The van der Waals surface area contributed by atoms with Crippen LogP contribution in [-0.2, 0) is 20.7 Å². The molecule has 1 aromatic rings. The number of benzene rings is 1. The number of carbonyl (C=O) groups is 1. The van der Waals surface area contributed by atoms with Gasteiger partial charge in [0.05, 0.1) is 0 Å². The average Bonchev–Trinajstić information content (AvgIpc) is 2.33. The van der Waals surface area contributed by atoms with E-state index in [1.54, 1.807) is 0 Å². The Bertz CT molecular complexity index is 436. The Balaban J connectivity index is 2.82. The third-order valence-electron chi connectivity index (χ3n) is 2.12. The fourth-order valence-electron chi connectivity index (χ4n) is 1.36. The van der Waals surface area contributed by atoms with Gasteiger partial charge in [-0.3, -0.25) is 0 Å². The molecule has 4 nitrogen and oxygen atoms in total. The zero-order valence-electron chi connectivity index (χ0n) is 9.30. The summed E-state index contributed by atoms with van der Waals surface area (Å²) in [5, 5.41) is 0. The quantitative estimate of drug-likeness (QED) is 0.471. The van der Waals surface area contributed by atoms with Crippen molar-refractivity contribution in [2.75, 3.05) is 7.11 Å². The van der Waals surface area contributed by atoms with Crippen molar-refractivity contribution in [1.82, 2.24) is 0 Å². The van der Waals surface area contributed by atoms with Crippen molar-refractivity contribution in [2.45, 2.75) is 12.5 Å². The van der Waals surface area contributed by atoms with Gasteiger partial charge in [-0.25, -0.2) is 0 Å². The van der Waals surface area contributed by atoms with Crippen LogP contribution < -0.4 is 0 Å². The molecule has 0 fully saturated rings. The zero-order chi connectivity index (χ0) is 12.7. The van der Waals surface area contributed by atoms with E-state index in [1.165, 1.54) is 7.11 Å². The van der Waals surface area contributed by atoms with Crippen LogP contribution in [0.2, 0.25) is 0 Å². The molecular weight excluding hydrogens is 285 g/mol. The van der Waals surface area contributed by atoms with E-state index < -0.39 is 12.0 Å². The second-order valence-electron chi connectivity index (χ2n) is 3.31. The molecule has 0 aliphatic heterocycles. The molecule has 0 bridgehead atoms. The second-order valence-corrected chi connectivity index (χ2v) is 4.22. The standard InChI is InChI=1S/C11H11BBrNO3/c1-17-11(15)10(14-7-12-16)6-8-3-2-4-9(13)5-8/h2-5,7,10H,6H2,1H3. The van der Waals surface area contributed by atoms with E-state index in [2.05, 4.69) is 25.7 Å². The second kappa shape index (κ2) is 7.11. The van der Waals surface area contributed by atoms with Gasteiger partial charge in [0.2, 0.25) is 0 Å². The number of esters is 1. The van der Waals surface area contributed by atoms with Gasteiger partial charge in [0.25, 0.3) is 0 Å². The first-order chi connectivity index (χ1) is 8.17. The maximum atomic E-state index is 11.4. The SMILES string of the molecule is COC(=O)C(Cc1cccc(Br)c1)N=CB=O. The van der Waals surface area contributed by atoms with Crippen molar-refractivity contribution in [3.8, 4) is 0 Å². The van der Waals surface area contributed by atoms with Crippen molar-refractivity contribution < 1.29 is 14.2 Å². The molecule has 0 aliphatic rings. The Morgan fingerprint density at radius 3 is 3.00 bits per heavy atom. The van der Waals surface area contributed by atoms with Crippen LogP contribution in [0.3, 0.4) is 0 Å². The predicted molar refractivity (Wildman–Crippen MR) is 68.6 cm³/mol. The van der Waals surface area contributed by atoms with Gasteiger partial charge in [-0.05, 0) is 0 Å². The first-order valence-corrected chi connectivity index (χ1v) is 5.76.